The molecule has 108 valence electrons. The highest BCUT2D eigenvalue weighted by molar-refractivity contribution is 9.10. The fraction of sp³-hybridized carbons (Fsp3) is 0.0588. The molecule has 0 unspecified atom stereocenters. The van der Waals surface area contributed by atoms with E-state index < -0.39 is 0 Å². The van der Waals surface area contributed by atoms with Gasteiger partial charge in [0.2, 0.25) is 0 Å². The van der Waals surface area contributed by atoms with Crippen LogP contribution in [0.5, 0.6) is 5.75 Å². The molecular weight excluding hydrogens is 344 g/mol. The first-order valence-electron chi connectivity index (χ1n) is 6.84. The molecule has 3 aromatic rings. The van der Waals surface area contributed by atoms with E-state index in [-0.39, 0.29) is 5.56 Å². The number of benzene rings is 1. The zero-order valence-corrected chi connectivity index (χ0v) is 13.1. The number of rotatable bonds is 1. The minimum absolute atomic E-state index is 0.104. The Bertz CT molecular complexity index is 920. The molecule has 0 aliphatic carbocycles. The number of halogens is 1. The van der Waals surface area contributed by atoms with E-state index in [4.69, 9.17) is 4.74 Å². The average Bonchev–Trinajstić information content (AvgIpc) is 2.57. The van der Waals surface area contributed by atoms with Crippen LogP contribution in [0.3, 0.4) is 0 Å². The molecule has 0 spiro atoms. The van der Waals surface area contributed by atoms with Crippen LogP contribution >= 0.6 is 15.9 Å². The topological polar surface area (TPSA) is 44.1 Å². The molecule has 0 amide bonds. The van der Waals surface area contributed by atoms with Crippen molar-refractivity contribution in [2.75, 3.05) is 0 Å². The maximum Gasteiger partial charge on any atom is 0.269 e. The molecule has 0 N–H and O–H groups in total. The Labute approximate surface area is 135 Å². The normalized spacial score (nSPS) is 12.2. The van der Waals surface area contributed by atoms with Crippen molar-refractivity contribution in [3.63, 3.8) is 0 Å². The molecule has 1 aliphatic rings. The molecule has 4 rings (SSSR count). The summed E-state index contributed by atoms with van der Waals surface area (Å²) in [5, 5.41) is 0. The number of nitrogens with zero attached hydrogens (tertiary/aromatic N) is 2. The summed E-state index contributed by atoms with van der Waals surface area (Å²) in [6.45, 7) is 0.339. The monoisotopic (exact) mass is 354 g/mol. The third-order valence-corrected chi connectivity index (χ3v) is 4.23. The lowest BCUT2D eigenvalue weighted by molar-refractivity contribution is 0.292. The van der Waals surface area contributed by atoms with E-state index >= 15 is 0 Å². The summed E-state index contributed by atoms with van der Waals surface area (Å²) in [4.78, 5) is 17.0. The van der Waals surface area contributed by atoms with Gasteiger partial charge in [0.1, 0.15) is 18.1 Å². The number of aromatic nitrogens is 2. The van der Waals surface area contributed by atoms with Gasteiger partial charge in [-0.2, -0.15) is 0 Å². The Balaban J connectivity index is 2.07. The van der Waals surface area contributed by atoms with Gasteiger partial charge in [-0.1, -0.05) is 18.2 Å². The van der Waals surface area contributed by atoms with Crippen molar-refractivity contribution >= 4 is 15.9 Å². The summed E-state index contributed by atoms with van der Waals surface area (Å²) in [5.41, 5.74) is 3.19. The highest BCUT2D eigenvalue weighted by Crippen LogP contribution is 2.36. The van der Waals surface area contributed by atoms with Crippen LogP contribution in [0.15, 0.2) is 64.0 Å². The standard InChI is InChI=1S/C17H11BrN2O2/c18-13-9-12-14(10-22-15-7-4-8-19-16(12)15)20(17(13)21)11-5-2-1-3-6-11/h1-9H,10H2. The van der Waals surface area contributed by atoms with E-state index in [1.807, 2.05) is 48.5 Å². The van der Waals surface area contributed by atoms with Crippen molar-refractivity contribution in [1.82, 2.24) is 9.55 Å². The zero-order chi connectivity index (χ0) is 15.1. The summed E-state index contributed by atoms with van der Waals surface area (Å²) in [6.07, 6.45) is 1.73. The Kier molecular flexibility index (Phi) is 3.08. The van der Waals surface area contributed by atoms with E-state index in [1.54, 1.807) is 10.8 Å². The molecule has 0 saturated carbocycles. The van der Waals surface area contributed by atoms with Crippen LogP contribution in [0.1, 0.15) is 5.69 Å². The second-order valence-corrected chi connectivity index (χ2v) is 5.82. The van der Waals surface area contributed by atoms with E-state index in [1.165, 1.54) is 0 Å². The van der Waals surface area contributed by atoms with E-state index in [2.05, 4.69) is 20.9 Å². The SMILES string of the molecule is O=c1c(Br)cc2c(n1-c1ccccc1)COc1cccnc1-2. The van der Waals surface area contributed by atoms with Crippen molar-refractivity contribution in [2.24, 2.45) is 0 Å². The van der Waals surface area contributed by atoms with E-state index in [9.17, 15) is 4.79 Å². The first kappa shape index (κ1) is 13.3. The summed E-state index contributed by atoms with van der Waals surface area (Å²) in [5.74, 6) is 0.736. The molecule has 22 heavy (non-hydrogen) atoms. The fourth-order valence-electron chi connectivity index (χ4n) is 2.67. The average molecular weight is 355 g/mol. The van der Waals surface area contributed by atoms with E-state index in [0.717, 1.165) is 28.4 Å². The predicted molar refractivity (Wildman–Crippen MR) is 87.3 cm³/mol. The molecule has 0 bridgehead atoms. The summed E-state index contributed by atoms with van der Waals surface area (Å²) in [7, 11) is 0. The van der Waals surface area contributed by atoms with Gasteiger partial charge in [-0.3, -0.25) is 14.3 Å². The van der Waals surface area contributed by atoms with Gasteiger partial charge in [0.05, 0.1) is 10.2 Å². The molecule has 0 radical (unpaired) electrons. The molecule has 0 fully saturated rings. The fourth-order valence-corrected chi connectivity index (χ4v) is 3.08. The second kappa shape index (κ2) is 5.10. The minimum Gasteiger partial charge on any atom is -0.485 e. The van der Waals surface area contributed by atoms with Crippen LogP contribution in [0.25, 0.3) is 16.9 Å². The van der Waals surface area contributed by atoms with Crippen LogP contribution in [0.4, 0.5) is 0 Å². The lowest BCUT2D eigenvalue weighted by Gasteiger charge is -2.23. The Morgan fingerprint density at radius 3 is 2.77 bits per heavy atom. The van der Waals surface area contributed by atoms with Gasteiger partial charge in [0, 0.05) is 17.4 Å². The highest BCUT2D eigenvalue weighted by atomic mass is 79.9. The van der Waals surface area contributed by atoms with Crippen LogP contribution in [0.2, 0.25) is 0 Å². The van der Waals surface area contributed by atoms with Crippen molar-refractivity contribution in [3.05, 3.63) is 75.2 Å². The van der Waals surface area contributed by atoms with Crippen molar-refractivity contribution in [2.45, 2.75) is 6.61 Å². The van der Waals surface area contributed by atoms with Gasteiger partial charge in [-0.15, -0.1) is 0 Å². The summed E-state index contributed by atoms with van der Waals surface area (Å²) >= 11 is 3.37. The van der Waals surface area contributed by atoms with E-state index in [0.29, 0.717) is 11.1 Å². The maximum absolute atomic E-state index is 12.6. The van der Waals surface area contributed by atoms with Crippen LogP contribution < -0.4 is 10.3 Å². The summed E-state index contributed by atoms with van der Waals surface area (Å²) in [6, 6.07) is 15.1. The Morgan fingerprint density at radius 2 is 1.95 bits per heavy atom. The van der Waals surface area contributed by atoms with Gasteiger partial charge in [-0.25, -0.2) is 0 Å². The molecule has 1 aliphatic heterocycles. The van der Waals surface area contributed by atoms with Gasteiger partial charge in [0.25, 0.3) is 5.56 Å². The summed E-state index contributed by atoms with van der Waals surface area (Å²) < 4.78 is 7.95. The van der Waals surface area contributed by atoms with Crippen molar-refractivity contribution in [1.29, 1.82) is 0 Å². The number of pyridine rings is 2. The quantitative estimate of drug-likeness (QED) is 0.671. The molecule has 4 nitrogen and oxygen atoms in total. The van der Waals surface area contributed by atoms with Crippen molar-refractivity contribution in [3.8, 4) is 22.7 Å². The van der Waals surface area contributed by atoms with Gasteiger partial charge in [-0.05, 0) is 46.3 Å². The van der Waals surface area contributed by atoms with Crippen LogP contribution in [0, 0.1) is 0 Å². The third-order valence-electron chi connectivity index (χ3n) is 3.66. The van der Waals surface area contributed by atoms with Crippen molar-refractivity contribution < 1.29 is 4.74 Å². The van der Waals surface area contributed by atoms with Crippen LogP contribution in [-0.4, -0.2) is 9.55 Å². The molecule has 2 aromatic heterocycles. The lowest BCUT2D eigenvalue weighted by atomic mass is 10.1. The molecule has 3 heterocycles. The lowest BCUT2D eigenvalue weighted by Crippen LogP contribution is -2.26. The molecule has 1 aromatic carbocycles. The Morgan fingerprint density at radius 1 is 1.14 bits per heavy atom. The highest BCUT2D eigenvalue weighted by Gasteiger charge is 2.23. The largest absolute Gasteiger partial charge is 0.485 e. The first-order chi connectivity index (χ1) is 10.8. The maximum atomic E-state index is 12.6. The first-order valence-corrected chi connectivity index (χ1v) is 7.63. The molecular formula is C17H11BrN2O2. The minimum atomic E-state index is -0.104. The van der Waals surface area contributed by atoms with Gasteiger partial charge >= 0.3 is 0 Å². The number of hydrogen-bond donors (Lipinski definition) is 0. The smallest absolute Gasteiger partial charge is 0.269 e. The second-order valence-electron chi connectivity index (χ2n) is 4.97. The molecule has 0 atom stereocenters. The number of hydrogen-bond acceptors (Lipinski definition) is 3. The zero-order valence-electron chi connectivity index (χ0n) is 11.5. The predicted octanol–water partition coefficient (Wildman–Crippen LogP) is 3.55. The van der Waals surface area contributed by atoms with Crippen LogP contribution in [-0.2, 0) is 6.61 Å². The van der Waals surface area contributed by atoms with Gasteiger partial charge in [0.15, 0.2) is 0 Å². The van der Waals surface area contributed by atoms with Gasteiger partial charge < -0.3 is 4.74 Å². The number of ether oxygens (including phenoxy) is 1. The molecule has 0 saturated heterocycles. The Hall–Kier alpha value is -2.40. The third kappa shape index (κ3) is 1.97. The number of fused-ring (bicyclic) bond motifs is 3. The number of para-hydroxylation sites is 1. The molecule has 5 heteroatoms.